The summed E-state index contributed by atoms with van der Waals surface area (Å²) in [4.78, 5) is 6.86. The molecule has 0 saturated carbocycles. The number of rotatable bonds is 4. The third-order valence-corrected chi connectivity index (χ3v) is 5.34. The van der Waals surface area contributed by atoms with E-state index >= 15 is 0 Å². The third-order valence-electron chi connectivity index (χ3n) is 5.34. The largest absolute Gasteiger partial charge is 0.369 e. The molecule has 1 fully saturated rings. The van der Waals surface area contributed by atoms with Gasteiger partial charge < -0.3 is 10.2 Å². The average molecular weight is 349 g/mol. The van der Waals surface area contributed by atoms with Crippen LogP contribution in [0.1, 0.15) is 29.1 Å². The number of aromatic nitrogens is 5. The second-order valence-electron chi connectivity index (χ2n) is 7.52. The predicted octanol–water partition coefficient (Wildman–Crippen LogP) is 2.17. The van der Waals surface area contributed by atoms with E-state index < -0.39 is 0 Å². The Kier molecular flexibility index (Phi) is 3.55. The van der Waals surface area contributed by atoms with E-state index in [0.717, 1.165) is 61.1 Å². The Balaban J connectivity index is 1.23. The summed E-state index contributed by atoms with van der Waals surface area (Å²) in [6.45, 7) is 6.98. The maximum absolute atomic E-state index is 4.54. The molecule has 1 N–H and O–H groups in total. The molecule has 5 rings (SSSR count). The first kappa shape index (κ1) is 15.5. The van der Waals surface area contributed by atoms with Crippen molar-refractivity contribution in [3.05, 3.63) is 40.8 Å². The van der Waals surface area contributed by atoms with E-state index in [-0.39, 0.29) is 0 Å². The van der Waals surface area contributed by atoms with Crippen LogP contribution >= 0.6 is 0 Å². The second kappa shape index (κ2) is 5.93. The molecule has 1 saturated heterocycles. The van der Waals surface area contributed by atoms with Gasteiger partial charge >= 0.3 is 0 Å². The number of hydrogen-bond acceptors (Lipinski definition) is 6. The fourth-order valence-electron chi connectivity index (χ4n) is 3.95. The van der Waals surface area contributed by atoms with Crippen molar-refractivity contribution >= 4 is 17.3 Å². The normalized spacial score (nSPS) is 16.8. The molecule has 7 nitrogen and oxygen atoms in total. The SMILES string of the molecule is Cc1cc(NCC2CN(c3cc4c(nn3)CCC4)C2)n2nc(C)cc2n1. The molecule has 3 aromatic rings. The zero-order chi connectivity index (χ0) is 17.7. The zero-order valence-corrected chi connectivity index (χ0v) is 15.2. The Morgan fingerprint density at radius 2 is 1.96 bits per heavy atom. The van der Waals surface area contributed by atoms with Crippen molar-refractivity contribution in [2.24, 2.45) is 5.92 Å². The minimum absolute atomic E-state index is 0.602. The van der Waals surface area contributed by atoms with Crippen LogP contribution in [0.3, 0.4) is 0 Å². The standard InChI is InChI=1S/C19H23N7/c1-12-6-17(26-18(21-12)7-13(2)24-26)20-9-14-10-25(11-14)19-8-15-4-3-5-16(15)22-23-19/h6-8,14,20H,3-5,9-11H2,1-2H3. The average Bonchev–Trinajstić information content (AvgIpc) is 3.18. The number of nitrogens with zero attached hydrogens (tertiary/aromatic N) is 6. The minimum atomic E-state index is 0.602. The monoisotopic (exact) mass is 349 g/mol. The lowest BCUT2D eigenvalue weighted by Gasteiger charge is -2.40. The lowest BCUT2D eigenvalue weighted by atomic mass is 10.00. The van der Waals surface area contributed by atoms with E-state index in [1.807, 2.05) is 24.4 Å². The molecule has 0 radical (unpaired) electrons. The summed E-state index contributed by atoms with van der Waals surface area (Å²) in [7, 11) is 0. The molecule has 26 heavy (non-hydrogen) atoms. The first-order valence-corrected chi connectivity index (χ1v) is 9.34. The number of aryl methyl sites for hydroxylation is 4. The van der Waals surface area contributed by atoms with Gasteiger partial charge in [-0.15, -0.1) is 5.10 Å². The maximum atomic E-state index is 4.54. The molecule has 4 heterocycles. The van der Waals surface area contributed by atoms with Gasteiger partial charge in [0.2, 0.25) is 0 Å². The van der Waals surface area contributed by atoms with E-state index in [2.05, 4.69) is 42.6 Å². The van der Waals surface area contributed by atoms with Crippen molar-refractivity contribution in [1.29, 1.82) is 0 Å². The Bertz CT molecular complexity index is 971. The number of hydrogen-bond donors (Lipinski definition) is 1. The summed E-state index contributed by atoms with van der Waals surface area (Å²) in [6, 6.07) is 6.30. The summed E-state index contributed by atoms with van der Waals surface area (Å²) in [5, 5.41) is 16.9. The highest BCUT2D eigenvalue weighted by atomic mass is 15.3. The molecule has 0 spiro atoms. The molecule has 0 bridgehead atoms. The Labute approximate surface area is 152 Å². The van der Waals surface area contributed by atoms with Gasteiger partial charge in [-0.05, 0) is 44.7 Å². The van der Waals surface area contributed by atoms with Crippen LogP contribution < -0.4 is 10.2 Å². The molecule has 1 aliphatic carbocycles. The molecule has 0 amide bonds. The fourth-order valence-corrected chi connectivity index (χ4v) is 3.95. The van der Waals surface area contributed by atoms with Gasteiger partial charge in [-0.2, -0.15) is 14.7 Å². The quantitative estimate of drug-likeness (QED) is 0.778. The van der Waals surface area contributed by atoms with Crippen molar-refractivity contribution in [2.75, 3.05) is 29.9 Å². The Morgan fingerprint density at radius 3 is 2.85 bits per heavy atom. The van der Waals surface area contributed by atoms with Gasteiger partial charge in [0.1, 0.15) is 5.82 Å². The Hall–Kier alpha value is -2.70. The Morgan fingerprint density at radius 1 is 1.08 bits per heavy atom. The molecule has 0 unspecified atom stereocenters. The van der Waals surface area contributed by atoms with Crippen molar-refractivity contribution in [3.8, 4) is 0 Å². The van der Waals surface area contributed by atoms with Gasteiger partial charge in [-0.25, -0.2) is 4.98 Å². The zero-order valence-electron chi connectivity index (χ0n) is 15.2. The van der Waals surface area contributed by atoms with Crippen molar-refractivity contribution < 1.29 is 0 Å². The number of fused-ring (bicyclic) bond motifs is 2. The summed E-state index contributed by atoms with van der Waals surface area (Å²) in [5.74, 6) is 2.65. The first-order valence-electron chi connectivity index (χ1n) is 9.34. The van der Waals surface area contributed by atoms with Crippen LogP contribution in [0, 0.1) is 19.8 Å². The van der Waals surface area contributed by atoms with Crippen LogP contribution in [0.4, 0.5) is 11.6 Å². The summed E-state index contributed by atoms with van der Waals surface area (Å²) in [5.41, 5.74) is 5.47. The van der Waals surface area contributed by atoms with Gasteiger partial charge in [0.05, 0.1) is 11.4 Å². The number of anilines is 2. The second-order valence-corrected chi connectivity index (χ2v) is 7.52. The van der Waals surface area contributed by atoms with Gasteiger partial charge in [-0.3, -0.25) is 0 Å². The molecule has 0 aromatic carbocycles. The van der Waals surface area contributed by atoms with Crippen LogP contribution in [0.25, 0.3) is 5.65 Å². The van der Waals surface area contributed by atoms with Crippen molar-refractivity contribution in [2.45, 2.75) is 33.1 Å². The molecule has 134 valence electrons. The van der Waals surface area contributed by atoms with Gasteiger partial charge in [0.25, 0.3) is 0 Å². The maximum Gasteiger partial charge on any atom is 0.157 e. The van der Waals surface area contributed by atoms with E-state index in [1.54, 1.807) is 0 Å². The smallest absolute Gasteiger partial charge is 0.157 e. The van der Waals surface area contributed by atoms with E-state index in [0.29, 0.717) is 5.92 Å². The third kappa shape index (κ3) is 2.67. The molecule has 2 aliphatic rings. The molecule has 1 aliphatic heterocycles. The summed E-state index contributed by atoms with van der Waals surface area (Å²) in [6.07, 6.45) is 3.45. The first-order chi connectivity index (χ1) is 12.7. The molecular formula is C19H23N7. The van der Waals surface area contributed by atoms with Gasteiger partial charge in [0, 0.05) is 43.4 Å². The lowest BCUT2D eigenvalue weighted by Crippen LogP contribution is -2.50. The molecule has 7 heteroatoms. The highest BCUT2D eigenvalue weighted by Gasteiger charge is 2.29. The molecule has 3 aromatic heterocycles. The van der Waals surface area contributed by atoms with Crippen LogP contribution in [0.5, 0.6) is 0 Å². The van der Waals surface area contributed by atoms with Crippen molar-refractivity contribution in [3.63, 3.8) is 0 Å². The highest BCUT2D eigenvalue weighted by Crippen LogP contribution is 2.27. The topological polar surface area (TPSA) is 71.2 Å². The number of nitrogens with one attached hydrogen (secondary N) is 1. The van der Waals surface area contributed by atoms with E-state index in [1.165, 1.54) is 17.7 Å². The molecular weight excluding hydrogens is 326 g/mol. The van der Waals surface area contributed by atoms with Gasteiger partial charge in [0.15, 0.2) is 11.5 Å². The van der Waals surface area contributed by atoms with Crippen LogP contribution in [-0.2, 0) is 12.8 Å². The highest BCUT2D eigenvalue weighted by molar-refractivity contribution is 5.51. The predicted molar refractivity (Wildman–Crippen MR) is 101 cm³/mol. The van der Waals surface area contributed by atoms with E-state index in [4.69, 9.17) is 0 Å². The van der Waals surface area contributed by atoms with Crippen LogP contribution in [0.15, 0.2) is 18.2 Å². The minimum Gasteiger partial charge on any atom is -0.369 e. The van der Waals surface area contributed by atoms with Crippen molar-refractivity contribution in [1.82, 2.24) is 24.8 Å². The van der Waals surface area contributed by atoms with Crippen LogP contribution in [0.2, 0.25) is 0 Å². The lowest BCUT2D eigenvalue weighted by molar-refractivity contribution is 0.424. The molecule has 0 atom stereocenters. The van der Waals surface area contributed by atoms with Gasteiger partial charge in [-0.1, -0.05) is 0 Å². The summed E-state index contributed by atoms with van der Waals surface area (Å²) < 4.78 is 1.89. The summed E-state index contributed by atoms with van der Waals surface area (Å²) >= 11 is 0. The van der Waals surface area contributed by atoms with Crippen LogP contribution in [-0.4, -0.2) is 44.4 Å². The fraction of sp³-hybridized carbons (Fsp3) is 0.474. The van der Waals surface area contributed by atoms with E-state index in [9.17, 15) is 0 Å².